The van der Waals surface area contributed by atoms with Crippen LogP contribution in [0.15, 0.2) is 23.8 Å². The lowest BCUT2D eigenvalue weighted by molar-refractivity contribution is -0.117. The molecule has 0 saturated carbocycles. The SMILES string of the molecule is CC(C)(C)CC(=O)C1=CCC=CC1. The van der Waals surface area contributed by atoms with Crippen LogP contribution in [0.3, 0.4) is 0 Å². The Morgan fingerprint density at radius 3 is 2.54 bits per heavy atom. The minimum absolute atomic E-state index is 0.110. The number of carbonyl (C=O) groups excluding carboxylic acids is 1. The highest BCUT2D eigenvalue weighted by atomic mass is 16.1. The summed E-state index contributed by atoms with van der Waals surface area (Å²) in [5, 5.41) is 0. The molecule has 0 aliphatic heterocycles. The van der Waals surface area contributed by atoms with Crippen molar-refractivity contribution in [1.82, 2.24) is 0 Å². The standard InChI is InChI=1S/C12H18O/c1-12(2,3)9-11(13)10-7-5-4-6-8-10/h4-5,8H,6-7,9H2,1-3H3. The van der Waals surface area contributed by atoms with E-state index in [1.807, 2.05) is 6.08 Å². The van der Waals surface area contributed by atoms with Crippen LogP contribution in [0.2, 0.25) is 0 Å². The highest BCUT2D eigenvalue weighted by molar-refractivity contribution is 5.96. The topological polar surface area (TPSA) is 17.1 Å². The summed E-state index contributed by atoms with van der Waals surface area (Å²) in [7, 11) is 0. The molecule has 1 aliphatic rings. The van der Waals surface area contributed by atoms with Gasteiger partial charge < -0.3 is 0 Å². The van der Waals surface area contributed by atoms with Crippen molar-refractivity contribution in [3.63, 3.8) is 0 Å². The van der Waals surface area contributed by atoms with E-state index in [2.05, 4.69) is 32.9 Å². The molecule has 0 atom stereocenters. The van der Waals surface area contributed by atoms with Crippen LogP contribution >= 0.6 is 0 Å². The maximum Gasteiger partial charge on any atom is 0.159 e. The summed E-state index contributed by atoms with van der Waals surface area (Å²) < 4.78 is 0. The average Bonchev–Trinajstić information content (AvgIpc) is 2.03. The fourth-order valence-electron chi connectivity index (χ4n) is 1.42. The molecule has 1 aliphatic carbocycles. The Hall–Kier alpha value is -0.850. The van der Waals surface area contributed by atoms with E-state index in [-0.39, 0.29) is 5.41 Å². The highest BCUT2D eigenvalue weighted by Crippen LogP contribution is 2.23. The summed E-state index contributed by atoms with van der Waals surface area (Å²) in [6.07, 6.45) is 8.64. The van der Waals surface area contributed by atoms with Gasteiger partial charge in [-0.3, -0.25) is 4.79 Å². The van der Waals surface area contributed by atoms with Gasteiger partial charge in [-0.2, -0.15) is 0 Å². The van der Waals surface area contributed by atoms with Gasteiger partial charge in [0.05, 0.1) is 0 Å². The zero-order chi connectivity index (χ0) is 9.90. The number of allylic oxidation sites excluding steroid dienone is 4. The Bertz CT molecular complexity index is 251. The minimum Gasteiger partial charge on any atom is -0.295 e. The van der Waals surface area contributed by atoms with Gasteiger partial charge in [-0.15, -0.1) is 0 Å². The van der Waals surface area contributed by atoms with Crippen LogP contribution in [-0.2, 0) is 4.79 Å². The van der Waals surface area contributed by atoms with E-state index in [1.54, 1.807) is 0 Å². The molecule has 0 amide bonds. The van der Waals surface area contributed by atoms with Crippen LogP contribution < -0.4 is 0 Å². The summed E-state index contributed by atoms with van der Waals surface area (Å²) in [6.45, 7) is 6.30. The van der Waals surface area contributed by atoms with E-state index >= 15 is 0 Å². The van der Waals surface area contributed by atoms with Gasteiger partial charge in [-0.25, -0.2) is 0 Å². The van der Waals surface area contributed by atoms with Crippen molar-refractivity contribution in [3.05, 3.63) is 23.8 Å². The van der Waals surface area contributed by atoms with Crippen molar-refractivity contribution < 1.29 is 4.79 Å². The second kappa shape index (κ2) is 3.91. The van der Waals surface area contributed by atoms with Crippen LogP contribution in [0.4, 0.5) is 0 Å². The highest BCUT2D eigenvalue weighted by Gasteiger charge is 2.18. The van der Waals surface area contributed by atoms with Gasteiger partial charge in [0.1, 0.15) is 0 Å². The van der Waals surface area contributed by atoms with Crippen LogP contribution in [0.5, 0.6) is 0 Å². The third-order valence-corrected chi connectivity index (χ3v) is 2.05. The van der Waals surface area contributed by atoms with Crippen molar-refractivity contribution in [1.29, 1.82) is 0 Å². The van der Waals surface area contributed by atoms with Gasteiger partial charge in [-0.05, 0) is 23.8 Å². The van der Waals surface area contributed by atoms with Gasteiger partial charge in [0.25, 0.3) is 0 Å². The molecule has 0 aromatic rings. The van der Waals surface area contributed by atoms with E-state index in [0.717, 1.165) is 18.4 Å². The van der Waals surface area contributed by atoms with Gasteiger partial charge in [0.2, 0.25) is 0 Å². The molecular weight excluding hydrogens is 160 g/mol. The Balaban J connectivity index is 2.53. The third-order valence-electron chi connectivity index (χ3n) is 2.05. The normalized spacial score (nSPS) is 17.0. The van der Waals surface area contributed by atoms with E-state index < -0.39 is 0 Å². The quantitative estimate of drug-likeness (QED) is 0.593. The molecule has 0 saturated heterocycles. The number of carbonyl (C=O) groups is 1. The molecule has 0 radical (unpaired) electrons. The molecule has 0 fully saturated rings. The maximum atomic E-state index is 11.7. The van der Waals surface area contributed by atoms with Crippen molar-refractivity contribution in [2.45, 2.75) is 40.0 Å². The molecule has 0 aromatic heterocycles. The predicted molar refractivity (Wildman–Crippen MR) is 55.5 cm³/mol. The molecule has 1 nitrogen and oxygen atoms in total. The Morgan fingerprint density at radius 1 is 1.38 bits per heavy atom. The number of hydrogen-bond donors (Lipinski definition) is 0. The van der Waals surface area contributed by atoms with Crippen LogP contribution in [0.25, 0.3) is 0 Å². The molecule has 13 heavy (non-hydrogen) atoms. The third kappa shape index (κ3) is 3.58. The van der Waals surface area contributed by atoms with E-state index in [0.29, 0.717) is 12.2 Å². The second-order valence-electron chi connectivity index (χ2n) is 4.80. The maximum absolute atomic E-state index is 11.7. The number of Topliss-reactive ketones (excluding diaryl/α,β-unsaturated/α-hetero) is 1. The Morgan fingerprint density at radius 2 is 2.08 bits per heavy atom. The van der Waals surface area contributed by atoms with Crippen LogP contribution in [0, 0.1) is 5.41 Å². The van der Waals surface area contributed by atoms with Crippen molar-refractivity contribution >= 4 is 5.78 Å². The molecular formula is C12H18O. The zero-order valence-corrected chi connectivity index (χ0v) is 8.76. The lowest BCUT2D eigenvalue weighted by Gasteiger charge is -2.18. The molecule has 0 spiro atoms. The van der Waals surface area contributed by atoms with Gasteiger partial charge >= 0.3 is 0 Å². The monoisotopic (exact) mass is 178 g/mol. The van der Waals surface area contributed by atoms with E-state index in [9.17, 15) is 4.79 Å². The molecule has 0 heterocycles. The van der Waals surface area contributed by atoms with Crippen molar-refractivity contribution in [3.8, 4) is 0 Å². The average molecular weight is 178 g/mol. The summed E-state index contributed by atoms with van der Waals surface area (Å²) in [5.74, 6) is 0.317. The zero-order valence-electron chi connectivity index (χ0n) is 8.76. The molecule has 0 bridgehead atoms. The Kier molecular flexibility index (Phi) is 3.07. The number of rotatable bonds is 2. The molecule has 0 unspecified atom stereocenters. The first-order valence-electron chi connectivity index (χ1n) is 4.86. The van der Waals surface area contributed by atoms with Crippen LogP contribution in [-0.4, -0.2) is 5.78 Å². The van der Waals surface area contributed by atoms with Gasteiger partial charge in [0.15, 0.2) is 5.78 Å². The molecule has 72 valence electrons. The summed E-state index contributed by atoms with van der Waals surface area (Å²) in [6, 6.07) is 0. The van der Waals surface area contributed by atoms with Crippen molar-refractivity contribution in [2.24, 2.45) is 5.41 Å². The van der Waals surface area contributed by atoms with Gasteiger partial charge in [0, 0.05) is 6.42 Å². The van der Waals surface area contributed by atoms with E-state index in [1.165, 1.54) is 0 Å². The summed E-state index contributed by atoms with van der Waals surface area (Å²) in [4.78, 5) is 11.7. The second-order valence-corrected chi connectivity index (χ2v) is 4.80. The largest absolute Gasteiger partial charge is 0.295 e. The van der Waals surface area contributed by atoms with Crippen LogP contribution in [0.1, 0.15) is 40.0 Å². The number of ketones is 1. The fourth-order valence-corrected chi connectivity index (χ4v) is 1.42. The van der Waals surface area contributed by atoms with Crippen molar-refractivity contribution in [2.75, 3.05) is 0 Å². The predicted octanol–water partition coefficient (Wildman–Crippen LogP) is 3.27. The summed E-state index contributed by atoms with van der Waals surface area (Å²) in [5.41, 5.74) is 1.11. The lowest BCUT2D eigenvalue weighted by atomic mass is 9.86. The summed E-state index contributed by atoms with van der Waals surface area (Å²) >= 11 is 0. The van der Waals surface area contributed by atoms with E-state index in [4.69, 9.17) is 0 Å². The molecule has 0 N–H and O–H groups in total. The minimum atomic E-state index is 0.110. The van der Waals surface area contributed by atoms with Gasteiger partial charge in [-0.1, -0.05) is 39.0 Å². The first-order valence-corrected chi connectivity index (χ1v) is 4.86. The number of hydrogen-bond acceptors (Lipinski definition) is 1. The molecule has 0 aromatic carbocycles. The Labute approximate surface area is 80.5 Å². The first-order chi connectivity index (χ1) is 5.99. The fraction of sp³-hybridized carbons (Fsp3) is 0.583. The molecule has 1 rings (SSSR count). The first kappa shape index (κ1) is 10.2. The lowest BCUT2D eigenvalue weighted by Crippen LogP contribution is -2.14. The molecule has 1 heteroatoms. The smallest absolute Gasteiger partial charge is 0.159 e.